The molecule has 3 aromatic carbocycles. The Kier molecular flexibility index (Phi) is 8.96. The average molecular weight is 512 g/mol. The summed E-state index contributed by atoms with van der Waals surface area (Å²) in [5.41, 5.74) is 3.78. The van der Waals surface area contributed by atoms with Crippen LogP contribution in [0.25, 0.3) is 0 Å². The molecular formula is C31H33N3O4. The van der Waals surface area contributed by atoms with Gasteiger partial charge in [0.1, 0.15) is 17.4 Å². The highest BCUT2D eigenvalue weighted by molar-refractivity contribution is 6.04. The van der Waals surface area contributed by atoms with Crippen molar-refractivity contribution in [2.24, 2.45) is 0 Å². The van der Waals surface area contributed by atoms with Crippen molar-refractivity contribution < 1.29 is 19.1 Å². The number of carbonyl (C=O) groups is 2. The average Bonchev–Trinajstić information content (AvgIpc) is 2.96. The lowest BCUT2D eigenvalue weighted by atomic mass is 9.87. The number of ether oxygens (including phenoxy) is 1. The van der Waals surface area contributed by atoms with Gasteiger partial charge in [0.25, 0.3) is 5.91 Å². The maximum Gasteiger partial charge on any atom is 0.255 e. The van der Waals surface area contributed by atoms with Crippen molar-refractivity contribution in [1.82, 2.24) is 4.90 Å². The van der Waals surface area contributed by atoms with E-state index in [0.29, 0.717) is 43.1 Å². The van der Waals surface area contributed by atoms with Crippen molar-refractivity contribution in [2.75, 3.05) is 37.0 Å². The standard InChI is InChI=1S/C31H33N3O4/c1-23(36)34(26-11-7-4-8-12-26)20-17-27(22-35)33-18-15-24(16-19-33)29-14-13-28(38-2)21-30(29)32-31(37)25-9-5-3-6-10-25/h3-14,21,24H,15-20H2,1-2H3,(H,32,37). The monoisotopic (exact) mass is 511 g/mol. The van der Waals surface area contributed by atoms with Crippen LogP contribution >= 0.6 is 0 Å². The van der Waals surface area contributed by atoms with Gasteiger partial charge in [-0.2, -0.15) is 0 Å². The molecule has 4 rings (SSSR count). The summed E-state index contributed by atoms with van der Waals surface area (Å²) >= 11 is 0. The second-order valence-corrected chi connectivity index (χ2v) is 9.34. The normalized spacial score (nSPS) is 13.4. The molecule has 7 nitrogen and oxygen atoms in total. The van der Waals surface area contributed by atoms with Crippen molar-refractivity contribution in [3.63, 3.8) is 0 Å². The molecule has 0 atom stereocenters. The van der Waals surface area contributed by atoms with Gasteiger partial charge >= 0.3 is 0 Å². The van der Waals surface area contributed by atoms with Crippen molar-refractivity contribution in [1.29, 1.82) is 0 Å². The molecule has 1 aliphatic rings. The van der Waals surface area contributed by atoms with E-state index in [1.165, 1.54) is 6.92 Å². The number of amides is 2. The zero-order chi connectivity index (χ0) is 26.9. The Labute approximate surface area is 223 Å². The number of anilines is 2. The van der Waals surface area contributed by atoms with E-state index in [1.54, 1.807) is 24.1 Å². The summed E-state index contributed by atoms with van der Waals surface area (Å²) in [6.07, 6.45) is 2.07. The fourth-order valence-electron chi connectivity index (χ4n) is 4.94. The smallest absolute Gasteiger partial charge is 0.255 e. The minimum Gasteiger partial charge on any atom is -0.497 e. The van der Waals surface area contributed by atoms with Gasteiger partial charge in [0.2, 0.25) is 5.91 Å². The second kappa shape index (κ2) is 12.7. The Hall–Kier alpha value is -4.35. The molecule has 7 heteroatoms. The third-order valence-electron chi connectivity index (χ3n) is 7.00. The fraction of sp³-hybridized carbons (Fsp3) is 0.290. The number of rotatable bonds is 9. The number of piperidine rings is 1. The summed E-state index contributed by atoms with van der Waals surface area (Å²) < 4.78 is 5.41. The predicted molar refractivity (Wildman–Crippen MR) is 149 cm³/mol. The molecule has 1 saturated heterocycles. The molecule has 38 heavy (non-hydrogen) atoms. The van der Waals surface area contributed by atoms with Crippen LogP contribution in [0.4, 0.5) is 11.4 Å². The van der Waals surface area contributed by atoms with Gasteiger partial charge in [-0.1, -0.05) is 42.5 Å². The van der Waals surface area contributed by atoms with E-state index in [-0.39, 0.29) is 17.7 Å². The number of benzene rings is 3. The summed E-state index contributed by atoms with van der Waals surface area (Å²) in [4.78, 5) is 40.7. The highest BCUT2D eigenvalue weighted by Gasteiger charge is 2.26. The molecule has 196 valence electrons. The lowest BCUT2D eigenvalue weighted by molar-refractivity contribution is -0.116. The highest BCUT2D eigenvalue weighted by atomic mass is 16.5. The third-order valence-corrected chi connectivity index (χ3v) is 7.00. The predicted octanol–water partition coefficient (Wildman–Crippen LogP) is 5.29. The minimum absolute atomic E-state index is 0.0651. The Morgan fingerprint density at radius 1 is 1.00 bits per heavy atom. The van der Waals surface area contributed by atoms with Crippen LogP contribution in [-0.2, 0) is 9.59 Å². The van der Waals surface area contributed by atoms with Crippen molar-refractivity contribution in [3.8, 4) is 5.75 Å². The van der Waals surface area contributed by atoms with E-state index in [1.807, 2.05) is 66.7 Å². The molecule has 1 N–H and O–H groups in total. The SMILES string of the molecule is COc1ccc(C2CCN(C(=C=O)CCN(C(C)=O)c3ccccc3)CC2)c(NC(=O)c2ccccc2)c1. The van der Waals surface area contributed by atoms with Gasteiger partial charge in [0.15, 0.2) is 0 Å². The molecule has 1 aliphatic heterocycles. The van der Waals surface area contributed by atoms with Crippen LogP contribution in [0.15, 0.2) is 84.6 Å². The van der Waals surface area contributed by atoms with Gasteiger partial charge in [0, 0.05) is 56.0 Å². The summed E-state index contributed by atoms with van der Waals surface area (Å²) in [6.45, 7) is 3.33. The molecule has 0 aliphatic carbocycles. The van der Waals surface area contributed by atoms with Crippen molar-refractivity contribution in [2.45, 2.75) is 32.1 Å². The molecule has 0 radical (unpaired) electrons. The topological polar surface area (TPSA) is 79.0 Å². The summed E-state index contributed by atoms with van der Waals surface area (Å²) in [5.74, 6) is 2.78. The van der Waals surface area contributed by atoms with E-state index in [4.69, 9.17) is 4.74 Å². The lowest BCUT2D eigenvalue weighted by Gasteiger charge is -2.35. The van der Waals surface area contributed by atoms with Gasteiger partial charge in [0.05, 0.1) is 7.11 Å². The fourth-order valence-corrected chi connectivity index (χ4v) is 4.94. The first-order valence-electron chi connectivity index (χ1n) is 12.9. The van der Waals surface area contributed by atoms with E-state index in [2.05, 4.69) is 16.2 Å². The summed E-state index contributed by atoms with van der Waals surface area (Å²) in [6, 6.07) is 24.4. The van der Waals surface area contributed by atoms with Gasteiger partial charge < -0.3 is 19.9 Å². The van der Waals surface area contributed by atoms with Gasteiger partial charge in [-0.05, 0) is 54.7 Å². The zero-order valence-electron chi connectivity index (χ0n) is 21.9. The Morgan fingerprint density at radius 3 is 2.26 bits per heavy atom. The quantitative estimate of drug-likeness (QED) is 0.395. The lowest BCUT2D eigenvalue weighted by Crippen LogP contribution is -2.36. The number of likely N-dealkylation sites (tertiary alicyclic amines) is 1. The van der Waals surface area contributed by atoms with E-state index < -0.39 is 0 Å². The molecule has 0 unspecified atom stereocenters. The maximum absolute atomic E-state index is 12.9. The molecule has 0 aromatic heterocycles. The molecule has 3 aromatic rings. The van der Waals surface area contributed by atoms with Gasteiger partial charge in [-0.3, -0.25) is 9.59 Å². The van der Waals surface area contributed by atoms with E-state index in [0.717, 1.165) is 29.8 Å². The van der Waals surface area contributed by atoms with Crippen LogP contribution in [0.3, 0.4) is 0 Å². The van der Waals surface area contributed by atoms with Crippen LogP contribution in [0.1, 0.15) is 48.0 Å². The van der Waals surface area contributed by atoms with Gasteiger partial charge in [-0.15, -0.1) is 0 Å². The van der Waals surface area contributed by atoms with Gasteiger partial charge in [-0.25, -0.2) is 4.79 Å². The molecule has 0 bridgehead atoms. The molecule has 1 heterocycles. The summed E-state index contributed by atoms with van der Waals surface area (Å²) in [7, 11) is 1.61. The third kappa shape index (κ3) is 6.50. The first-order chi connectivity index (χ1) is 18.5. The second-order valence-electron chi connectivity index (χ2n) is 9.34. The Balaban J connectivity index is 1.42. The van der Waals surface area contributed by atoms with Crippen LogP contribution in [0.5, 0.6) is 5.75 Å². The number of hydrogen-bond acceptors (Lipinski definition) is 5. The molecule has 2 amide bonds. The first-order valence-corrected chi connectivity index (χ1v) is 12.9. The summed E-state index contributed by atoms with van der Waals surface area (Å²) in [5, 5.41) is 3.07. The van der Waals surface area contributed by atoms with Crippen LogP contribution in [0, 0.1) is 0 Å². The largest absolute Gasteiger partial charge is 0.497 e. The molecule has 0 saturated carbocycles. The van der Waals surface area contributed by atoms with E-state index in [9.17, 15) is 14.4 Å². The highest BCUT2D eigenvalue weighted by Crippen LogP contribution is 2.36. The minimum atomic E-state index is -0.169. The number of nitrogens with zero attached hydrogens (tertiary/aromatic N) is 2. The first kappa shape index (κ1) is 26.7. The number of nitrogens with one attached hydrogen (secondary N) is 1. The van der Waals surface area contributed by atoms with Crippen LogP contribution in [0.2, 0.25) is 0 Å². The number of carbonyl (C=O) groups excluding carboxylic acids is 3. The zero-order valence-corrected chi connectivity index (χ0v) is 21.9. The molecular weight excluding hydrogens is 478 g/mol. The molecule has 1 fully saturated rings. The van der Waals surface area contributed by atoms with E-state index >= 15 is 0 Å². The maximum atomic E-state index is 12.9. The van der Waals surface area contributed by atoms with Crippen molar-refractivity contribution >= 4 is 29.1 Å². The van der Waals surface area contributed by atoms with Crippen LogP contribution in [-0.4, -0.2) is 49.4 Å². The van der Waals surface area contributed by atoms with Crippen molar-refractivity contribution in [3.05, 3.63) is 95.7 Å². The molecule has 0 spiro atoms. The Morgan fingerprint density at radius 2 is 1.66 bits per heavy atom. The number of para-hydroxylation sites is 1. The van der Waals surface area contributed by atoms with Crippen LogP contribution < -0.4 is 15.0 Å². The number of methoxy groups -OCH3 is 1. The Bertz CT molecular complexity index is 1300. The number of hydrogen-bond donors (Lipinski definition) is 1.